The molecule has 1 aliphatic rings. The molecule has 1 N–H and O–H groups in total. The fourth-order valence-corrected chi connectivity index (χ4v) is 3.34. The number of rotatable bonds is 7. The molecule has 6 heteroatoms. The Bertz CT molecular complexity index is 974. The van der Waals surface area contributed by atoms with Gasteiger partial charge in [0, 0.05) is 44.0 Å². The molecule has 4 rings (SSSR count). The smallest absolute Gasteiger partial charge is 0.244 e. The number of carbonyl (C=O) groups excluding carboxylic acids is 1. The highest BCUT2D eigenvalue weighted by molar-refractivity contribution is 5.91. The van der Waals surface area contributed by atoms with Crippen molar-refractivity contribution in [1.29, 1.82) is 0 Å². The van der Waals surface area contributed by atoms with Gasteiger partial charge in [0.15, 0.2) is 0 Å². The average molecular weight is 402 g/mol. The van der Waals surface area contributed by atoms with Gasteiger partial charge in [0.25, 0.3) is 0 Å². The van der Waals surface area contributed by atoms with Crippen molar-refractivity contribution in [2.75, 3.05) is 26.3 Å². The molecular weight excluding hydrogens is 376 g/mol. The molecule has 1 fully saturated rings. The first-order valence-corrected chi connectivity index (χ1v) is 10.2. The predicted molar refractivity (Wildman–Crippen MR) is 117 cm³/mol. The van der Waals surface area contributed by atoms with Gasteiger partial charge in [-0.15, -0.1) is 0 Å². The topological polar surface area (TPSA) is 59.4 Å². The summed E-state index contributed by atoms with van der Waals surface area (Å²) in [6.07, 6.45) is 6.95. The monoisotopic (exact) mass is 402 g/mol. The Hall–Kier alpha value is -3.22. The summed E-state index contributed by atoms with van der Waals surface area (Å²) < 4.78 is 7.18. The van der Waals surface area contributed by atoms with Crippen LogP contribution in [0.1, 0.15) is 16.7 Å². The lowest BCUT2D eigenvalue weighted by Crippen LogP contribution is -2.35. The molecule has 0 atom stereocenters. The standard InChI is InChI=1S/C24H26N4O2/c29-24(11-10-22-17-26-28(19-22)23-4-2-1-3-5-23)25-16-20-6-8-21(9-7-20)18-27-12-14-30-15-13-27/h1-11,17,19H,12-16,18H2,(H,25,29). The molecular formula is C24H26N4O2. The van der Waals surface area contributed by atoms with Crippen LogP contribution in [0.4, 0.5) is 0 Å². The molecule has 0 saturated carbocycles. The summed E-state index contributed by atoms with van der Waals surface area (Å²) >= 11 is 0. The Morgan fingerprint density at radius 1 is 1.03 bits per heavy atom. The minimum absolute atomic E-state index is 0.125. The lowest BCUT2D eigenvalue weighted by atomic mass is 10.1. The summed E-state index contributed by atoms with van der Waals surface area (Å²) in [4.78, 5) is 14.5. The number of carbonyl (C=O) groups is 1. The maximum Gasteiger partial charge on any atom is 0.244 e. The van der Waals surface area contributed by atoms with Crippen molar-refractivity contribution < 1.29 is 9.53 Å². The summed E-state index contributed by atoms with van der Waals surface area (Å²) in [6, 6.07) is 18.3. The molecule has 0 radical (unpaired) electrons. The van der Waals surface area contributed by atoms with Crippen molar-refractivity contribution in [2.24, 2.45) is 0 Å². The molecule has 30 heavy (non-hydrogen) atoms. The fraction of sp³-hybridized carbons (Fsp3) is 0.250. The zero-order valence-electron chi connectivity index (χ0n) is 16.9. The van der Waals surface area contributed by atoms with Crippen LogP contribution in [0.25, 0.3) is 11.8 Å². The molecule has 1 aromatic heterocycles. The molecule has 2 aromatic carbocycles. The van der Waals surface area contributed by atoms with Gasteiger partial charge in [-0.25, -0.2) is 4.68 Å². The number of nitrogens with one attached hydrogen (secondary N) is 1. The third-order valence-corrected chi connectivity index (χ3v) is 5.05. The maximum atomic E-state index is 12.2. The van der Waals surface area contributed by atoms with Crippen LogP contribution in [0.3, 0.4) is 0 Å². The second-order valence-electron chi connectivity index (χ2n) is 7.31. The Labute approximate surface area is 176 Å². The van der Waals surface area contributed by atoms with E-state index in [1.54, 1.807) is 23.0 Å². The number of benzene rings is 2. The van der Waals surface area contributed by atoms with E-state index < -0.39 is 0 Å². The van der Waals surface area contributed by atoms with E-state index in [1.807, 2.05) is 36.5 Å². The van der Waals surface area contributed by atoms with Crippen molar-refractivity contribution >= 4 is 12.0 Å². The third kappa shape index (κ3) is 5.65. The summed E-state index contributed by atoms with van der Waals surface area (Å²) in [5.74, 6) is -0.125. The van der Waals surface area contributed by atoms with Crippen LogP contribution in [0.5, 0.6) is 0 Å². The first-order valence-electron chi connectivity index (χ1n) is 10.2. The zero-order chi connectivity index (χ0) is 20.6. The number of ether oxygens (including phenoxy) is 1. The van der Waals surface area contributed by atoms with Crippen molar-refractivity contribution in [3.63, 3.8) is 0 Å². The van der Waals surface area contributed by atoms with Crippen molar-refractivity contribution in [1.82, 2.24) is 20.0 Å². The van der Waals surface area contributed by atoms with Crippen LogP contribution < -0.4 is 5.32 Å². The quantitative estimate of drug-likeness (QED) is 0.617. The lowest BCUT2D eigenvalue weighted by molar-refractivity contribution is -0.116. The number of aromatic nitrogens is 2. The highest BCUT2D eigenvalue weighted by atomic mass is 16.5. The number of hydrogen-bond acceptors (Lipinski definition) is 4. The van der Waals surface area contributed by atoms with Crippen LogP contribution in [0.15, 0.2) is 73.1 Å². The minimum atomic E-state index is -0.125. The summed E-state index contributed by atoms with van der Waals surface area (Å²) in [6.45, 7) is 5.03. The van der Waals surface area contributed by atoms with Gasteiger partial charge >= 0.3 is 0 Å². The summed E-state index contributed by atoms with van der Waals surface area (Å²) in [5, 5.41) is 7.26. The lowest BCUT2D eigenvalue weighted by Gasteiger charge is -2.26. The molecule has 3 aromatic rings. The second kappa shape index (κ2) is 10.0. The fourth-order valence-electron chi connectivity index (χ4n) is 3.34. The van der Waals surface area contributed by atoms with E-state index in [9.17, 15) is 4.79 Å². The van der Waals surface area contributed by atoms with E-state index in [0.717, 1.165) is 49.7 Å². The summed E-state index contributed by atoms with van der Waals surface area (Å²) in [7, 11) is 0. The molecule has 154 valence electrons. The van der Waals surface area contributed by atoms with Crippen LogP contribution in [0.2, 0.25) is 0 Å². The molecule has 6 nitrogen and oxygen atoms in total. The van der Waals surface area contributed by atoms with E-state index in [4.69, 9.17) is 4.74 Å². The van der Waals surface area contributed by atoms with E-state index in [2.05, 4.69) is 39.6 Å². The van der Waals surface area contributed by atoms with E-state index in [-0.39, 0.29) is 5.91 Å². The van der Waals surface area contributed by atoms with Crippen LogP contribution in [-0.2, 0) is 22.6 Å². The first kappa shape index (κ1) is 20.1. The van der Waals surface area contributed by atoms with Gasteiger partial charge in [-0.1, -0.05) is 42.5 Å². The molecule has 1 saturated heterocycles. The minimum Gasteiger partial charge on any atom is -0.379 e. The van der Waals surface area contributed by atoms with E-state index >= 15 is 0 Å². The van der Waals surface area contributed by atoms with Gasteiger partial charge in [0.2, 0.25) is 5.91 Å². The first-order chi connectivity index (χ1) is 14.8. The highest BCUT2D eigenvalue weighted by Crippen LogP contribution is 2.10. The molecule has 0 aliphatic carbocycles. The molecule has 0 unspecified atom stereocenters. The van der Waals surface area contributed by atoms with Crippen molar-refractivity contribution in [3.8, 4) is 5.69 Å². The number of para-hydroxylation sites is 1. The number of nitrogens with zero attached hydrogens (tertiary/aromatic N) is 3. The van der Waals surface area contributed by atoms with Gasteiger partial charge in [0.1, 0.15) is 0 Å². The number of amides is 1. The Kier molecular flexibility index (Phi) is 6.69. The number of hydrogen-bond donors (Lipinski definition) is 1. The van der Waals surface area contributed by atoms with Gasteiger partial charge in [-0.05, 0) is 29.3 Å². The molecule has 1 amide bonds. The number of morpholine rings is 1. The Morgan fingerprint density at radius 2 is 1.77 bits per heavy atom. The SMILES string of the molecule is O=C(C=Cc1cnn(-c2ccccc2)c1)NCc1ccc(CN2CCOCC2)cc1. The van der Waals surface area contributed by atoms with Crippen LogP contribution in [0, 0.1) is 0 Å². The predicted octanol–water partition coefficient (Wildman–Crippen LogP) is 3.03. The van der Waals surface area contributed by atoms with Gasteiger partial charge in [0.05, 0.1) is 25.1 Å². The van der Waals surface area contributed by atoms with Gasteiger partial charge in [-0.2, -0.15) is 5.10 Å². The highest BCUT2D eigenvalue weighted by Gasteiger charge is 2.10. The maximum absolute atomic E-state index is 12.2. The molecule has 2 heterocycles. The van der Waals surface area contributed by atoms with E-state index in [0.29, 0.717) is 6.54 Å². The van der Waals surface area contributed by atoms with E-state index in [1.165, 1.54) is 5.56 Å². The molecule has 0 spiro atoms. The average Bonchev–Trinajstić information content (AvgIpc) is 3.28. The second-order valence-corrected chi connectivity index (χ2v) is 7.31. The van der Waals surface area contributed by atoms with Crippen molar-refractivity contribution in [3.05, 3.63) is 89.8 Å². The summed E-state index contributed by atoms with van der Waals surface area (Å²) in [5.41, 5.74) is 4.22. The van der Waals surface area contributed by atoms with Crippen LogP contribution in [-0.4, -0.2) is 46.9 Å². The van der Waals surface area contributed by atoms with Gasteiger partial charge in [-0.3, -0.25) is 9.69 Å². The third-order valence-electron chi connectivity index (χ3n) is 5.05. The zero-order valence-corrected chi connectivity index (χ0v) is 16.9. The van der Waals surface area contributed by atoms with Gasteiger partial charge < -0.3 is 10.1 Å². The largest absolute Gasteiger partial charge is 0.379 e. The molecule has 0 bridgehead atoms. The molecule has 1 aliphatic heterocycles. The van der Waals surface area contributed by atoms with Crippen molar-refractivity contribution in [2.45, 2.75) is 13.1 Å². The van der Waals surface area contributed by atoms with Crippen LogP contribution >= 0.6 is 0 Å². The Morgan fingerprint density at radius 3 is 2.53 bits per heavy atom. The normalized spacial score (nSPS) is 14.8. The Balaban J connectivity index is 1.25.